The Hall–Kier alpha value is -1.81. The second kappa shape index (κ2) is 5.45. The molecule has 100 valence electrons. The Kier molecular flexibility index (Phi) is 3.90. The summed E-state index contributed by atoms with van der Waals surface area (Å²) >= 11 is 6.05. The third-order valence-corrected chi connectivity index (χ3v) is 3.20. The molecule has 1 heterocycles. The highest BCUT2D eigenvalue weighted by molar-refractivity contribution is 6.31. The van der Waals surface area contributed by atoms with Crippen molar-refractivity contribution in [3.8, 4) is 11.5 Å². The lowest BCUT2D eigenvalue weighted by Gasteiger charge is -1.99. The van der Waals surface area contributed by atoms with Crippen molar-refractivity contribution in [1.29, 1.82) is 0 Å². The van der Waals surface area contributed by atoms with Crippen molar-refractivity contribution >= 4 is 17.6 Å². The summed E-state index contributed by atoms with van der Waals surface area (Å²) < 4.78 is 5.34. The Morgan fingerprint density at radius 1 is 1.47 bits per heavy atom. The molecule has 0 amide bonds. The van der Waals surface area contributed by atoms with Crippen LogP contribution in [-0.2, 0) is 6.42 Å². The molecule has 1 N–H and O–H groups in total. The predicted octanol–water partition coefficient (Wildman–Crippen LogP) is 3.95. The molecule has 0 atom stereocenters. The maximum Gasteiger partial charge on any atom is 0.373 e. The minimum absolute atomic E-state index is 0.0893. The third-order valence-electron chi connectivity index (χ3n) is 2.80. The lowest BCUT2D eigenvalue weighted by molar-refractivity contribution is 0.0661. The molecule has 1 aromatic heterocycles. The Morgan fingerprint density at radius 3 is 2.79 bits per heavy atom. The van der Waals surface area contributed by atoms with Crippen LogP contribution in [0.3, 0.4) is 0 Å². The molecule has 0 aliphatic carbocycles. The zero-order valence-corrected chi connectivity index (χ0v) is 11.5. The Bertz CT molecular complexity index is 619. The van der Waals surface area contributed by atoms with Crippen molar-refractivity contribution in [2.75, 3.05) is 0 Å². The number of hydrogen-bond acceptors (Lipinski definition) is 3. The van der Waals surface area contributed by atoms with Gasteiger partial charge in [-0.05, 0) is 31.0 Å². The first-order chi connectivity index (χ1) is 9.02. The van der Waals surface area contributed by atoms with Crippen molar-refractivity contribution in [3.05, 3.63) is 40.2 Å². The molecule has 0 radical (unpaired) electrons. The molecule has 1 aromatic carbocycles. The van der Waals surface area contributed by atoms with E-state index in [0.29, 0.717) is 28.6 Å². The van der Waals surface area contributed by atoms with Crippen LogP contribution in [0, 0.1) is 6.92 Å². The maximum atomic E-state index is 11.1. The summed E-state index contributed by atoms with van der Waals surface area (Å²) in [6.07, 6.45) is 1.38. The molecule has 0 aliphatic heterocycles. The van der Waals surface area contributed by atoms with Gasteiger partial charge in [0.1, 0.15) is 0 Å². The third kappa shape index (κ3) is 2.79. The zero-order chi connectivity index (χ0) is 14.0. The number of aryl methyl sites for hydroxylation is 2. The SMILES string of the molecule is CCCc1nc(-c2ccc(C)c(Cl)c2)oc1C(=O)O. The van der Waals surface area contributed by atoms with Crippen molar-refractivity contribution in [2.24, 2.45) is 0 Å². The number of carboxylic acid groups (broad SMARTS) is 1. The maximum absolute atomic E-state index is 11.1. The highest BCUT2D eigenvalue weighted by Gasteiger charge is 2.19. The van der Waals surface area contributed by atoms with Gasteiger partial charge in [-0.1, -0.05) is 31.0 Å². The number of carbonyl (C=O) groups is 1. The van der Waals surface area contributed by atoms with Gasteiger partial charge in [0.25, 0.3) is 0 Å². The van der Waals surface area contributed by atoms with Crippen LogP contribution in [0.5, 0.6) is 0 Å². The first kappa shape index (κ1) is 13.6. The summed E-state index contributed by atoms with van der Waals surface area (Å²) in [6.45, 7) is 3.86. The number of rotatable bonds is 4. The summed E-state index contributed by atoms with van der Waals surface area (Å²) in [5.41, 5.74) is 2.10. The number of nitrogens with zero attached hydrogens (tertiary/aromatic N) is 1. The molecule has 2 rings (SSSR count). The Morgan fingerprint density at radius 2 is 2.21 bits per heavy atom. The largest absolute Gasteiger partial charge is 0.475 e. The second-order valence-electron chi connectivity index (χ2n) is 4.31. The van der Waals surface area contributed by atoms with Gasteiger partial charge in [0.2, 0.25) is 11.7 Å². The van der Waals surface area contributed by atoms with Gasteiger partial charge in [-0.3, -0.25) is 0 Å². The van der Waals surface area contributed by atoms with Gasteiger partial charge in [-0.15, -0.1) is 0 Å². The van der Waals surface area contributed by atoms with E-state index in [0.717, 1.165) is 12.0 Å². The molecule has 0 saturated heterocycles. The minimum Gasteiger partial charge on any atom is -0.475 e. The summed E-state index contributed by atoms with van der Waals surface area (Å²) in [7, 11) is 0. The number of oxazole rings is 1. The normalized spacial score (nSPS) is 10.7. The molecule has 4 nitrogen and oxygen atoms in total. The number of hydrogen-bond donors (Lipinski definition) is 1. The fourth-order valence-electron chi connectivity index (χ4n) is 1.77. The van der Waals surface area contributed by atoms with Crippen molar-refractivity contribution in [2.45, 2.75) is 26.7 Å². The minimum atomic E-state index is -1.10. The highest BCUT2D eigenvalue weighted by Crippen LogP contribution is 2.27. The van der Waals surface area contributed by atoms with Crippen LogP contribution in [0.2, 0.25) is 5.02 Å². The predicted molar refractivity (Wildman–Crippen MR) is 72.6 cm³/mol. The molecule has 5 heteroatoms. The fraction of sp³-hybridized carbons (Fsp3) is 0.286. The topological polar surface area (TPSA) is 63.3 Å². The summed E-state index contributed by atoms with van der Waals surface area (Å²) in [4.78, 5) is 15.4. The molecule has 0 saturated carbocycles. The van der Waals surface area contributed by atoms with Crippen molar-refractivity contribution in [3.63, 3.8) is 0 Å². The van der Waals surface area contributed by atoms with Gasteiger partial charge < -0.3 is 9.52 Å². The van der Waals surface area contributed by atoms with Crippen molar-refractivity contribution in [1.82, 2.24) is 4.98 Å². The lowest BCUT2D eigenvalue weighted by Crippen LogP contribution is -1.99. The van der Waals surface area contributed by atoms with E-state index in [-0.39, 0.29) is 5.76 Å². The van der Waals surface area contributed by atoms with Crippen molar-refractivity contribution < 1.29 is 14.3 Å². The molecule has 0 aliphatic rings. The van der Waals surface area contributed by atoms with E-state index in [4.69, 9.17) is 21.1 Å². The first-order valence-corrected chi connectivity index (χ1v) is 6.40. The number of halogens is 1. The summed E-state index contributed by atoms with van der Waals surface area (Å²) in [6, 6.07) is 5.39. The number of carboxylic acids is 1. The lowest BCUT2D eigenvalue weighted by atomic mass is 10.1. The molecular weight excluding hydrogens is 266 g/mol. The van der Waals surface area contributed by atoms with Crippen LogP contribution in [0.4, 0.5) is 0 Å². The van der Waals surface area contributed by atoms with Gasteiger partial charge in [-0.2, -0.15) is 0 Å². The van der Waals surface area contributed by atoms with Gasteiger partial charge >= 0.3 is 5.97 Å². The molecule has 0 fully saturated rings. The average molecular weight is 280 g/mol. The van der Waals surface area contributed by atoms with Gasteiger partial charge in [0.15, 0.2) is 0 Å². The van der Waals surface area contributed by atoms with Crippen LogP contribution in [0.25, 0.3) is 11.5 Å². The number of aromatic carboxylic acids is 1. The van der Waals surface area contributed by atoms with Gasteiger partial charge in [0, 0.05) is 10.6 Å². The van der Waals surface area contributed by atoms with E-state index >= 15 is 0 Å². The molecule has 2 aromatic rings. The van der Waals surface area contributed by atoms with E-state index in [9.17, 15) is 4.79 Å². The second-order valence-corrected chi connectivity index (χ2v) is 4.72. The smallest absolute Gasteiger partial charge is 0.373 e. The quantitative estimate of drug-likeness (QED) is 0.920. The Balaban J connectivity index is 2.47. The van der Waals surface area contributed by atoms with Crippen LogP contribution < -0.4 is 0 Å². The van der Waals surface area contributed by atoms with Crippen LogP contribution in [-0.4, -0.2) is 16.1 Å². The van der Waals surface area contributed by atoms with Gasteiger partial charge in [0.05, 0.1) is 5.69 Å². The van der Waals surface area contributed by atoms with Crippen LogP contribution in [0.15, 0.2) is 22.6 Å². The number of aromatic nitrogens is 1. The molecule has 0 bridgehead atoms. The fourth-order valence-corrected chi connectivity index (χ4v) is 1.95. The zero-order valence-electron chi connectivity index (χ0n) is 10.7. The summed E-state index contributed by atoms with van der Waals surface area (Å²) in [5, 5.41) is 9.69. The Labute approximate surface area is 116 Å². The summed E-state index contributed by atoms with van der Waals surface area (Å²) in [5.74, 6) is -0.892. The van der Waals surface area contributed by atoms with E-state index in [1.54, 1.807) is 6.07 Å². The molecule has 0 spiro atoms. The highest BCUT2D eigenvalue weighted by atomic mass is 35.5. The van der Waals surface area contributed by atoms with E-state index in [2.05, 4.69) is 4.98 Å². The van der Waals surface area contributed by atoms with E-state index in [1.165, 1.54) is 0 Å². The number of benzene rings is 1. The molecular formula is C14H14ClNO3. The molecule has 19 heavy (non-hydrogen) atoms. The van der Waals surface area contributed by atoms with Crippen LogP contribution >= 0.6 is 11.6 Å². The standard InChI is InChI=1S/C14H14ClNO3/c1-3-4-11-12(14(17)18)19-13(16-11)9-6-5-8(2)10(15)7-9/h5-7H,3-4H2,1-2H3,(H,17,18). The van der Waals surface area contributed by atoms with Gasteiger partial charge in [-0.25, -0.2) is 9.78 Å². The first-order valence-electron chi connectivity index (χ1n) is 6.02. The van der Waals surface area contributed by atoms with E-state index in [1.807, 2.05) is 26.0 Å². The molecule has 0 unspecified atom stereocenters. The van der Waals surface area contributed by atoms with E-state index < -0.39 is 5.97 Å². The van der Waals surface area contributed by atoms with Crippen LogP contribution in [0.1, 0.15) is 35.2 Å². The average Bonchev–Trinajstić information content (AvgIpc) is 2.77. The monoisotopic (exact) mass is 279 g/mol.